The Balaban J connectivity index is 1.84. The third-order valence-electron chi connectivity index (χ3n) is 4.21. The van der Waals surface area contributed by atoms with E-state index in [1.54, 1.807) is 7.11 Å². The second kappa shape index (κ2) is 6.19. The molecule has 0 saturated heterocycles. The Morgan fingerprint density at radius 2 is 2.11 bits per heavy atom. The van der Waals surface area contributed by atoms with Crippen molar-refractivity contribution < 1.29 is 4.74 Å². The molecule has 3 nitrogen and oxygen atoms in total. The topological polar surface area (TPSA) is 34.1 Å². The van der Waals surface area contributed by atoms with E-state index in [0.29, 0.717) is 11.3 Å². The number of ether oxygens (including phenoxy) is 1. The molecule has 18 heavy (non-hydrogen) atoms. The van der Waals surface area contributed by atoms with Crippen molar-refractivity contribution in [3.05, 3.63) is 23.9 Å². The number of pyridine rings is 1. The lowest BCUT2D eigenvalue weighted by Crippen LogP contribution is -2.31. The van der Waals surface area contributed by atoms with Crippen LogP contribution in [0.3, 0.4) is 0 Å². The lowest BCUT2D eigenvalue weighted by atomic mass is 9.83. The summed E-state index contributed by atoms with van der Waals surface area (Å²) in [4.78, 5) is 4.42. The highest BCUT2D eigenvalue weighted by Crippen LogP contribution is 2.40. The van der Waals surface area contributed by atoms with Crippen LogP contribution in [0.15, 0.2) is 18.2 Å². The molecular formula is C15H24N2O. The second-order valence-corrected chi connectivity index (χ2v) is 5.34. The molecule has 1 saturated carbocycles. The van der Waals surface area contributed by atoms with Gasteiger partial charge in [0, 0.05) is 19.2 Å². The van der Waals surface area contributed by atoms with Crippen LogP contribution < -0.4 is 10.1 Å². The predicted molar refractivity (Wildman–Crippen MR) is 73.7 cm³/mol. The molecule has 0 aliphatic heterocycles. The molecule has 100 valence electrons. The molecule has 1 aliphatic carbocycles. The van der Waals surface area contributed by atoms with E-state index in [1.165, 1.54) is 32.1 Å². The number of nitrogens with zero attached hydrogens (tertiary/aromatic N) is 1. The highest BCUT2D eigenvalue weighted by Gasteiger charge is 2.31. The number of rotatable bonds is 6. The number of hydrogen-bond donors (Lipinski definition) is 1. The minimum Gasteiger partial charge on any atom is -0.481 e. The maximum atomic E-state index is 5.14. The molecule has 1 aromatic rings. The van der Waals surface area contributed by atoms with E-state index in [1.807, 2.05) is 18.2 Å². The first-order valence-corrected chi connectivity index (χ1v) is 6.99. The van der Waals surface area contributed by atoms with Crippen molar-refractivity contribution in [2.45, 2.75) is 45.6 Å². The van der Waals surface area contributed by atoms with Gasteiger partial charge in [-0.3, -0.25) is 0 Å². The molecule has 1 heterocycles. The van der Waals surface area contributed by atoms with Gasteiger partial charge in [-0.15, -0.1) is 0 Å². The first-order valence-electron chi connectivity index (χ1n) is 6.99. The highest BCUT2D eigenvalue weighted by atomic mass is 16.5. The van der Waals surface area contributed by atoms with Gasteiger partial charge in [-0.25, -0.2) is 4.98 Å². The molecule has 1 N–H and O–H groups in total. The average molecular weight is 248 g/mol. The number of aromatic nitrogens is 1. The van der Waals surface area contributed by atoms with Crippen LogP contribution in [0.2, 0.25) is 0 Å². The standard InChI is InChI=1S/C15H24N2O/c1-3-15(9-4-5-10-15)12-16-11-13-7-6-8-14(17-13)18-2/h6-8,16H,3-5,9-12H2,1-2H3. The molecule has 0 spiro atoms. The van der Waals surface area contributed by atoms with Crippen molar-refractivity contribution >= 4 is 0 Å². The van der Waals surface area contributed by atoms with Crippen LogP contribution >= 0.6 is 0 Å². The normalized spacial score (nSPS) is 17.9. The monoisotopic (exact) mass is 248 g/mol. The average Bonchev–Trinajstić information content (AvgIpc) is 2.88. The molecule has 0 atom stereocenters. The first-order chi connectivity index (χ1) is 8.78. The van der Waals surface area contributed by atoms with E-state index in [9.17, 15) is 0 Å². The Bertz CT molecular complexity index is 373. The third-order valence-corrected chi connectivity index (χ3v) is 4.21. The minimum atomic E-state index is 0.541. The summed E-state index contributed by atoms with van der Waals surface area (Å²) in [6, 6.07) is 5.92. The summed E-state index contributed by atoms with van der Waals surface area (Å²) in [6.07, 6.45) is 6.83. The Hall–Kier alpha value is -1.09. The van der Waals surface area contributed by atoms with E-state index in [-0.39, 0.29) is 0 Å². The second-order valence-electron chi connectivity index (χ2n) is 5.34. The molecule has 0 bridgehead atoms. The Labute approximate surface area is 110 Å². The summed E-state index contributed by atoms with van der Waals surface area (Å²) in [5.74, 6) is 0.695. The smallest absolute Gasteiger partial charge is 0.213 e. The van der Waals surface area contributed by atoms with Crippen LogP contribution in [0.5, 0.6) is 5.88 Å². The van der Waals surface area contributed by atoms with Crippen molar-refractivity contribution in [3.63, 3.8) is 0 Å². The molecule has 0 radical (unpaired) electrons. The Kier molecular flexibility index (Phi) is 4.59. The van der Waals surface area contributed by atoms with Gasteiger partial charge in [0.05, 0.1) is 12.8 Å². The number of methoxy groups -OCH3 is 1. The first kappa shape index (κ1) is 13.3. The zero-order valence-electron chi connectivity index (χ0n) is 11.5. The lowest BCUT2D eigenvalue weighted by Gasteiger charge is -2.27. The lowest BCUT2D eigenvalue weighted by molar-refractivity contribution is 0.267. The Morgan fingerprint density at radius 1 is 1.33 bits per heavy atom. The summed E-state index contributed by atoms with van der Waals surface area (Å²) in [7, 11) is 1.66. The van der Waals surface area contributed by atoms with Crippen molar-refractivity contribution in [1.29, 1.82) is 0 Å². The fraction of sp³-hybridized carbons (Fsp3) is 0.667. The van der Waals surface area contributed by atoms with Crippen molar-refractivity contribution in [2.75, 3.05) is 13.7 Å². The van der Waals surface area contributed by atoms with Crippen molar-refractivity contribution in [1.82, 2.24) is 10.3 Å². The van der Waals surface area contributed by atoms with Gasteiger partial charge in [0.2, 0.25) is 5.88 Å². The molecular weight excluding hydrogens is 224 g/mol. The SMILES string of the molecule is CCC1(CNCc2cccc(OC)n2)CCCC1. The minimum absolute atomic E-state index is 0.541. The molecule has 3 heteroatoms. The van der Waals surface area contributed by atoms with Crippen LogP contribution in [-0.4, -0.2) is 18.6 Å². The molecule has 2 rings (SSSR count). The molecule has 1 aromatic heterocycles. The van der Waals surface area contributed by atoms with E-state index in [2.05, 4.69) is 17.2 Å². The zero-order valence-corrected chi connectivity index (χ0v) is 11.5. The van der Waals surface area contributed by atoms with Crippen LogP contribution in [0, 0.1) is 5.41 Å². The molecule has 1 aliphatic rings. The predicted octanol–water partition coefficient (Wildman–Crippen LogP) is 3.15. The summed E-state index contributed by atoms with van der Waals surface area (Å²) in [5, 5.41) is 3.57. The summed E-state index contributed by atoms with van der Waals surface area (Å²) < 4.78 is 5.14. The van der Waals surface area contributed by atoms with Gasteiger partial charge >= 0.3 is 0 Å². The molecule has 1 fully saturated rings. The van der Waals surface area contributed by atoms with Crippen molar-refractivity contribution in [3.8, 4) is 5.88 Å². The van der Waals surface area contributed by atoms with Gasteiger partial charge in [0.1, 0.15) is 0 Å². The molecule has 0 aromatic carbocycles. The van der Waals surface area contributed by atoms with Crippen LogP contribution in [0.25, 0.3) is 0 Å². The zero-order chi connectivity index (χ0) is 12.8. The quantitative estimate of drug-likeness (QED) is 0.839. The maximum absolute atomic E-state index is 5.14. The number of nitrogens with one attached hydrogen (secondary N) is 1. The molecule has 0 amide bonds. The fourth-order valence-electron chi connectivity index (χ4n) is 2.91. The number of hydrogen-bond acceptors (Lipinski definition) is 3. The fourth-order valence-corrected chi connectivity index (χ4v) is 2.91. The van der Waals surface area contributed by atoms with E-state index in [4.69, 9.17) is 4.74 Å². The van der Waals surface area contributed by atoms with Gasteiger partial charge in [0.15, 0.2) is 0 Å². The summed E-state index contributed by atoms with van der Waals surface area (Å²) >= 11 is 0. The maximum Gasteiger partial charge on any atom is 0.213 e. The van der Waals surface area contributed by atoms with Crippen LogP contribution in [-0.2, 0) is 6.54 Å². The van der Waals surface area contributed by atoms with Crippen LogP contribution in [0.1, 0.15) is 44.7 Å². The Morgan fingerprint density at radius 3 is 2.78 bits per heavy atom. The van der Waals surface area contributed by atoms with Gasteiger partial charge in [-0.2, -0.15) is 0 Å². The van der Waals surface area contributed by atoms with Crippen molar-refractivity contribution in [2.24, 2.45) is 5.41 Å². The largest absolute Gasteiger partial charge is 0.481 e. The van der Waals surface area contributed by atoms with E-state index < -0.39 is 0 Å². The summed E-state index contributed by atoms with van der Waals surface area (Å²) in [5.41, 5.74) is 1.59. The van der Waals surface area contributed by atoms with Gasteiger partial charge < -0.3 is 10.1 Å². The van der Waals surface area contributed by atoms with E-state index in [0.717, 1.165) is 18.8 Å². The van der Waals surface area contributed by atoms with Gasteiger partial charge in [-0.05, 0) is 30.7 Å². The third kappa shape index (κ3) is 3.22. The van der Waals surface area contributed by atoms with E-state index >= 15 is 0 Å². The highest BCUT2D eigenvalue weighted by molar-refractivity contribution is 5.15. The molecule has 0 unspecified atom stereocenters. The van der Waals surface area contributed by atoms with Gasteiger partial charge in [0.25, 0.3) is 0 Å². The van der Waals surface area contributed by atoms with Crippen LogP contribution in [0.4, 0.5) is 0 Å². The van der Waals surface area contributed by atoms with Gasteiger partial charge in [-0.1, -0.05) is 25.8 Å². The summed E-state index contributed by atoms with van der Waals surface area (Å²) in [6.45, 7) is 4.26.